The fraction of sp³-hybridized carbons (Fsp3) is 0.364. The van der Waals surface area contributed by atoms with E-state index in [0.717, 1.165) is 16.6 Å². The molecule has 0 saturated carbocycles. The smallest absolute Gasteiger partial charge is 0.423 e. The van der Waals surface area contributed by atoms with Crippen LogP contribution in [0.25, 0.3) is 0 Å². The molecule has 16 heavy (non-hydrogen) atoms. The number of nitrogens with zero attached hydrogens (tertiary/aromatic N) is 1. The van der Waals surface area contributed by atoms with Crippen LogP contribution in [0.15, 0.2) is 23.4 Å². The molecule has 1 aliphatic heterocycles. The topological polar surface area (TPSA) is 62.1 Å². The van der Waals surface area contributed by atoms with Crippen molar-refractivity contribution in [1.29, 1.82) is 0 Å². The van der Waals surface area contributed by atoms with Gasteiger partial charge in [0.15, 0.2) is 0 Å². The molecule has 0 bridgehead atoms. The van der Waals surface area contributed by atoms with E-state index in [0.29, 0.717) is 5.71 Å². The van der Waals surface area contributed by atoms with Gasteiger partial charge in [-0.15, -0.1) is 0 Å². The first-order chi connectivity index (χ1) is 7.45. The SMILES string of the molecule is C/C(=N\O)c1ccc2c(c1)B(O)OC2(C)C. The van der Waals surface area contributed by atoms with E-state index in [9.17, 15) is 5.02 Å². The molecule has 1 aromatic rings. The highest BCUT2D eigenvalue weighted by molar-refractivity contribution is 6.62. The lowest BCUT2D eigenvalue weighted by Gasteiger charge is -2.19. The summed E-state index contributed by atoms with van der Waals surface area (Å²) in [4.78, 5) is 0. The summed E-state index contributed by atoms with van der Waals surface area (Å²) in [5.74, 6) is 0. The molecule has 0 saturated heterocycles. The Hall–Kier alpha value is -1.33. The van der Waals surface area contributed by atoms with Gasteiger partial charge in [-0.1, -0.05) is 23.4 Å². The van der Waals surface area contributed by atoms with Gasteiger partial charge in [-0.2, -0.15) is 0 Å². The molecule has 0 fully saturated rings. The number of hydrogen-bond acceptors (Lipinski definition) is 4. The number of benzene rings is 1. The lowest BCUT2D eigenvalue weighted by atomic mass is 9.77. The van der Waals surface area contributed by atoms with E-state index < -0.39 is 12.7 Å². The van der Waals surface area contributed by atoms with Gasteiger partial charge < -0.3 is 14.9 Å². The maximum atomic E-state index is 9.77. The van der Waals surface area contributed by atoms with Gasteiger partial charge in [0.1, 0.15) is 0 Å². The average molecular weight is 219 g/mol. The monoisotopic (exact) mass is 219 g/mol. The first-order valence-electron chi connectivity index (χ1n) is 5.15. The molecule has 1 aliphatic rings. The summed E-state index contributed by atoms with van der Waals surface area (Å²) < 4.78 is 5.44. The van der Waals surface area contributed by atoms with E-state index in [4.69, 9.17) is 9.86 Å². The third-order valence-corrected chi connectivity index (χ3v) is 2.94. The molecule has 84 valence electrons. The zero-order valence-corrected chi connectivity index (χ0v) is 9.56. The Morgan fingerprint density at radius 1 is 1.44 bits per heavy atom. The fourth-order valence-corrected chi connectivity index (χ4v) is 2.00. The Labute approximate surface area is 94.7 Å². The van der Waals surface area contributed by atoms with Crippen molar-refractivity contribution >= 4 is 18.3 Å². The molecule has 0 spiro atoms. The summed E-state index contributed by atoms with van der Waals surface area (Å²) in [5, 5.41) is 21.6. The van der Waals surface area contributed by atoms with Crippen LogP contribution in [-0.4, -0.2) is 23.1 Å². The van der Waals surface area contributed by atoms with Gasteiger partial charge in [-0.25, -0.2) is 0 Å². The van der Waals surface area contributed by atoms with Crippen molar-refractivity contribution in [2.24, 2.45) is 5.16 Å². The van der Waals surface area contributed by atoms with Crippen LogP contribution in [0.4, 0.5) is 0 Å². The Morgan fingerprint density at radius 3 is 2.75 bits per heavy atom. The second-order valence-corrected chi connectivity index (χ2v) is 4.47. The van der Waals surface area contributed by atoms with Crippen molar-refractivity contribution in [3.05, 3.63) is 29.3 Å². The van der Waals surface area contributed by atoms with Crippen molar-refractivity contribution in [3.8, 4) is 0 Å². The van der Waals surface area contributed by atoms with Crippen LogP contribution in [0.3, 0.4) is 0 Å². The quantitative estimate of drug-likeness (QED) is 0.318. The van der Waals surface area contributed by atoms with Crippen LogP contribution in [0, 0.1) is 0 Å². The minimum atomic E-state index is -0.906. The zero-order chi connectivity index (χ0) is 11.9. The van der Waals surface area contributed by atoms with E-state index in [1.807, 2.05) is 26.0 Å². The maximum Gasteiger partial charge on any atom is 0.492 e. The minimum Gasteiger partial charge on any atom is -0.423 e. The summed E-state index contributed by atoms with van der Waals surface area (Å²) >= 11 is 0. The summed E-state index contributed by atoms with van der Waals surface area (Å²) in [7, 11) is -0.906. The third kappa shape index (κ3) is 1.62. The van der Waals surface area contributed by atoms with Gasteiger partial charge in [0.05, 0.1) is 11.3 Å². The highest BCUT2D eigenvalue weighted by atomic mass is 16.5. The molecule has 0 aromatic heterocycles. The molecular formula is C11H14BNO3. The van der Waals surface area contributed by atoms with Crippen molar-refractivity contribution in [1.82, 2.24) is 0 Å². The Bertz CT molecular complexity index is 457. The van der Waals surface area contributed by atoms with Gasteiger partial charge in [0.2, 0.25) is 0 Å². The summed E-state index contributed by atoms with van der Waals surface area (Å²) in [6.45, 7) is 5.53. The molecule has 4 nitrogen and oxygen atoms in total. The Morgan fingerprint density at radius 2 is 2.12 bits per heavy atom. The normalized spacial score (nSPS) is 18.8. The summed E-state index contributed by atoms with van der Waals surface area (Å²) in [6, 6.07) is 5.55. The first kappa shape index (κ1) is 11.2. The van der Waals surface area contributed by atoms with Gasteiger partial charge >= 0.3 is 7.12 Å². The number of oxime groups is 1. The predicted octanol–water partition coefficient (Wildman–Crippen LogP) is 0.838. The van der Waals surface area contributed by atoms with Gasteiger partial charge in [0.25, 0.3) is 0 Å². The van der Waals surface area contributed by atoms with Crippen LogP contribution in [0.2, 0.25) is 0 Å². The van der Waals surface area contributed by atoms with E-state index >= 15 is 0 Å². The van der Waals surface area contributed by atoms with E-state index in [2.05, 4.69) is 5.16 Å². The van der Waals surface area contributed by atoms with Gasteiger partial charge in [0, 0.05) is 0 Å². The second-order valence-electron chi connectivity index (χ2n) is 4.47. The van der Waals surface area contributed by atoms with Crippen LogP contribution in [0.1, 0.15) is 31.9 Å². The van der Waals surface area contributed by atoms with Crippen LogP contribution in [-0.2, 0) is 10.3 Å². The van der Waals surface area contributed by atoms with Crippen LogP contribution < -0.4 is 5.46 Å². The van der Waals surface area contributed by atoms with Crippen molar-refractivity contribution < 1.29 is 14.9 Å². The fourth-order valence-electron chi connectivity index (χ4n) is 2.00. The van der Waals surface area contributed by atoms with E-state index in [1.54, 1.807) is 13.0 Å². The number of rotatable bonds is 1. The van der Waals surface area contributed by atoms with Crippen LogP contribution in [0.5, 0.6) is 0 Å². The molecule has 1 aromatic carbocycles. The molecule has 0 atom stereocenters. The Kier molecular flexibility index (Phi) is 2.52. The summed E-state index contributed by atoms with van der Waals surface area (Å²) in [5.41, 5.74) is 2.53. The molecule has 0 aliphatic carbocycles. The molecule has 0 unspecified atom stereocenters. The first-order valence-corrected chi connectivity index (χ1v) is 5.15. The molecule has 0 amide bonds. The minimum absolute atomic E-state index is 0.475. The van der Waals surface area contributed by atoms with Crippen molar-refractivity contribution in [2.75, 3.05) is 0 Å². The average Bonchev–Trinajstić information content (AvgIpc) is 2.48. The van der Waals surface area contributed by atoms with E-state index in [1.165, 1.54) is 0 Å². The highest BCUT2D eigenvalue weighted by Crippen LogP contribution is 2.29. The largest absolute Gasteiger partial charge is 0.492 e. The second kappa shape index (κ2) is 3.61. The number of hydrogen-bond donors (Lipinski definition) is 2. The molecular weight excluding hydrogens is 205 g/mol. The van der Waals surface area contributed by atoms with Crippen molar-refractivity contribution in [3.63, 3.8) is 0 Å². The van der Waals surface area contributed by atoms with Gasteiger partial charge in [-0.05, 0) is 37.4 Å². The molecule has 5 heteroatoms. The third-order valence-electron chi connectivity index (χ3n) is 2.94. The molecule has 0 radical (unpaired) electrons. The zero-order valence-electron chi connectivity index (χ0n) is 9.56. The standard InChI is InChI=1S/C11H14BNO3/c1-7(13-15)8-4-5-9-10(6-8)12(14)16-11(9,2)3/h4-6,14-15H,1-3H3/b13-7+. The lowest BCUT2D eigenvalue weighted by Crippen LogP contribution is -2.29. The Balaban J connectivity index is 2.53. The molecule has 1 heterocycles. The number of fused-ring (bicyclic) bond motifs is 1. The lowest BCUT2D eigenvalue weighted by molar-refractivity contribution is 0.101. The predicted molar refractivity (Wildman–Crippen MR) is 62.2 cm³/mol. The van der Waals surface area contributed by atoms with E-state index in [-0.39, 0.29) is 0 Å². The summed E-state index contributed by atoms with van der Waals surface area (Å²) in [6.07, 6.45) is 0. The van der Waals surface area contributed by atoms with Gasteiger partial charge in [-0.3, -0.25) is 0 Å². The highest BCUT2D eigenvalue weighted by Gasteiger charge is 2.40. The van der Waals surface area contributed by atoms with Crippen molar-refractivity contribution in [2.45, 2.75) is 26.4 Å². The molecule has 2 rings (SSSR count). The molecule has 2 N–H and O–H groups in total. The van der Waals surface area contributed by atoms with Crippen LogP contribution >= 0.6 is 0 Å². The maximum absolute atomic E-state index is 9.77.